The fraction of sp³-hybridized carbons (Fsp3) is 0.250. The van der Waals surface area contributed by atoms with Crippen LogP contribution in [0.2, 0.25) is 5.02 Å². The van der Waals surface area contributed by atoms with Crippen molar-refractivity contribution in [3.8, 4) is 11.4 Å². The van der Waals surface area contributed by atoms with Gasteiger partial charge in [0.25, 0.3) is 0 Å². The number of hydrogen-bond acceptors (Lipinski definition) is 5. The van der Waals surface area contributed by atoms with Crippen LogP contribution in [-0.2, 0) is 4.79 Å². The summed E-state index contributed by atoms with van der Waals surface area (Å²) in [5.74, 6) is 0.844. The number of halogens is 1. The van der Waals surface area contributed by atoms with E-state index in [1.165, 1.54) is 0 Å². The van der Waals surface area contributed by atoms with Gasteiger partial charge in [0.1, 0.15) is 6.04 Å². The summed E-state index contributed by atoms with van der Waals surface area (Å²) in [5, 5.41) is 10.2. The van der Waals surface area contributed by atoms with Gasteiger partial charge < -0.3 is 9.84 Å². The van der Waals surface area contributed by atoms with Crippen LogP contribution in [0.4, 0.5) is 0 Å². The van der Waals surface area contributed by atoms with E-state index in [9.17, 15) is 4.79 Å². The lowest BCUT2D eigenvalue weighted by atomic mass is 10.2. The minimum absolute atomic E-state index is 0.0397. The number of nitrogens with one attached hydrogen (secondary N) is 2. The highest BCUT2D eigenvalue weighted by Crippen LogP contribution is 2.26. The maximum atomic E-state index is 11.1. The number of hydrogen-bond donors (Lipinski definition) is 2. The third-order valence-electron chi connectivity index (χ3n) is 2.87. The van der Waals surface area contributed by atoms with E-state index in [1.807, 2.05) is 18.2 Å². The number of nitrogens with zero attached hydrogens (tertiary/aromatic N) is 2. The molecule has 1 aromatic carbocycles. The smallest absolute Gasteiger partial charge is 0.245 e. The van der Waals surface area contributed by atoms with Crippen LogP contribution in [0.15, 0.2) is 28.8 Å². The summed E-state index contributed by atoms with van der Waals surface area (Å²) in [5.41, 5.74) is 0.721. The molecule has 2 heterocycles. The number of benzene rings is 1. The van der Waals surface area contributed by atoms with E-state index in [0.717, 1.165) is 5.56 Å². The molecule has 0 radical (unpaired) electrons. The third kappa shape index (κ3) is 2.45. The van der Waals surface area contributed by atoms with Gasteiger partial charge in [-0.25, -0.2) is 0 Å². The molecule has 0 bridgehead atoms. The highest BCUT2D eigenvalue weighted by atomic mass is 35.5. The molecule has 1 fully saturated rings. The van der Waals surface area contributed by atoms with Crippen LogP contribution >= 0.6 is 11.6 Å². The molecular weight excluding hydrogens is 268 g/mol. The number of amides is 1. The monoisotopic (exact) mass is 278 g/mol. The molecule has 1 amide bonds. The van der Waals surface area contributed by atoms with Gasteiger partial charge in [-0.3, -0.25) is 10.1 Å². The first kappa shape index (κ1) is 12.1. The van der Waals surface area contributed by atoms with Crippen molar-refractivity contribution < 1.29 is 9.32 Å². The van der Waals surface area contributed by atoms with E-state index in [-0.39, 0.29) is 18.5 Å². The van der Waals surface area contributed by atoms with Crippen LogP contribution in [0.25, 0.3) is 11.4 Å². The second-order valence-electron chi connectivity index (χ2n) is 4.17. The van der Waals surface area contributed by atoms with Gasteiger partial charge in [-0.15, -0.1) is 0 Å². The number of piperazine rings is 1. The summed E-state index contributed by atoms with van der Waals surface area (Å²) in [4.78, 5) is 15.4. The number of rotatable bonds is 2. The molecule has 2 aromatic rings. The Kier molecular flexibility index (Phi) is 3.18. The van der Waals surface area contributed by atoms with Crippen LogP contribution in [0, 0.1) is 0 Å². The predicted molar refractivity (Wildman–Crippen MR) is 68.5 cm³/mol. The van der Waals surface area contributed by atoms with Gasteiger partial charge in [0.05, 0.1) is 11.6 Å². The van der Waals surface area contributed by atoms with Crippen molar-refractivity contribution in [3.05, 3.63) is 35.2 Å². The van der Waals surface area contributed by atoms with Crippen LogP contribution in [0.5, 0.6) is 0 Å². The number of aromatic nitrogens is 2. The average molecular weight is 279 g/mol. The molecule has 98 valence electrons. The lowest BCUT2D eigenvalue weighted by molar-refractivity contribution is -0.121. The zero-order valence-electron chi connectivity index (χ0n) is 9.89. The normalized spacial score (nSPS) is 19.2. The Balaban J connectivity index is 1.84. The van der Waals surface area contributed by atoms with Crippen molar-refractivity contribution in [3.63, 3.8) is 0 Å². The van der Waals surface area contributed by atoms with Gasteiger partial charge in [-0.2, -0.15) is 4.98 Å². The molecule has 1 aromatic heterocycles. The van der Waals surface area contributed by atoms with Crippen molar-refractivity contribution in [2.45, 2.75) is 6.04 Å². The van der Waals surface area contributed by atoms with Crippen LogP contribution < -0.4 is 10.6 Å². The van der Waals surface area contributed by atoms with Crippen molar-refractivity contribution >= 4 is 17.5 Å². The Labute approximate surface area is 114 Å². The molecule has 19 heavy (non-hydrogen) atoms. The summed E-state index contributed by atoms with van der Waals surface area (Å²) in [7, 11) is 0. The second-order valence-corrected chi connectivity index (χ2v) is 4.58. The Bertz CT molecular complexity index is 603. The van der Waals surface area contributed by atoms with Gasteiger partial charge in [0, 0.05) is 12.1 Å². The molecule has 6 nitrogen and oxygen atoms in total. The average Bonchev–Trinajstić information content (AvgIpc) is 2.89. The predicted octanol–water partition coefficient (Wildman–Crippen LogP) is 1.15. The summed E-state index contributed by atoms with van der Waals surface area (Å²) in [6.45, 7) is 0.678. The summed E-state index contributed by atoms with van der Waals surface area (Å²) >= 11 is 6.08. The molecule has 3 rings (SSSR count). The minimum Gasteiger partial charge on any atom is -0.353 e. The maximum Gasteiger partial charge on any atom is 0.245 e. The van der Waals surface area contributed by atoms with Crippen molar-refractivity contribution in [1.29, 1.82) is 0 Å². The van der Waals surface area contributed by atoms with E-state index in [2.05, 4.69) is 20.8 Å². The molecule has 1 atom stereocenters. The van der Waals surface area contributed by atoms with Gasteiger partial charge >= 0.3 is 0 Å². The zero-order valence-corrected chi connectivity index (χ0v) is 10.6. The fourth-order valence-electron chi connectivity index (χ4n) is 1.87. The summed E-state index contributed by atoms with van der Waals surface area (Å²) in [6, 6.07) is 7.13. The lowest BCUT2D eigenvalue weighted by Crippen LogP contribution is -2.47. The van der Waals surface area contributed by atoms with E-state index >= 15 is 0 Å². The van der Waals surface area contributed by atoms with Crippen molar-refractivity contribution in [2.24, 2.45) is 0 Å². The molecule has 0 spiro atoms. The fourth-order valence-corrected chi connectivity index (χ4v) is 2.09. The van der Waals surface area contributed by atoms with E-state index in [1.54, 1.807) is 6.07 Å². The quantitative estimate of drug-likeness (QED) is 0.861. The first-order chi connectivity index (χ1) is 9.24. The Hall–Kier alpha value is -1.92. The standard InChI is InChI=1S/C12H11ClN4O2/c13-8-4-2-1-3-7(8)11-16-12(19-17-11)9-5-15-10(18)6-14-9/h1-4,9,14H,5-6H2,(H,15,18). The molecular formula is C12H11ClN4O2. The van der Waals surface area contributed by atoms with Crippen LogP contribution in [0.1, 0.15) is 11.9 Å². The zero-order chi connectivity index (χ0) is 13.2. The van der Waals surface area contributed by atoms with Gasteiger partial charge in [0.2, 0.25) is 17.6 Å². The second kappa shape index (κ2) is 4.99. The Morgan fingerprint density at radius 2 is 2.21 bits per heavy atom. The topological polar surface area (TPSA) is 80.1 Å². The summed E-state index contributed by atoms with van der Waals surface area (Å²) in [6.07, 6.45) is 0. The molecule has 0 aliphatic carbocycles. The molecule has 1 aliphatic rings. The maximum absolute atomic E-state index is 11.1. The molecule has 7 heteroatoms. The number of carbonyl (C=O) groups is 1. The number of carbonyl (C=O) groups excluding carboxylic acids is 1. The third-order valence-corrected chi connectivity index (χ3v) is 3.20. The SMILES string of the molecule is O=C1CNC(c2nc(-c3ccccc3Cl)no2)CN1. The largest absolute Gasteiger partial charge is 0.353 e. The molecule has 1 aliphatic heterocycles. The molecule has 1 unspecified atom stereocenters. The van der Waals surface area contributed by atoms with Crippen molar-refractivity contribution in [2.75, 3.05) is 13.1 Å². The molecule has 1 saturated heterocycles. The van der Waals surface area contributed by atoms with Crippen molar-refractivity contribution in [1.82, 2.24) is 20.8 Å². The Morgan fingerprint density at radius 1 is 1.37 bits per heavy atom. The van der Waals surface area contributed by atoms with Crippen LogP contribution in [-0.4, -0.2) is 29.1 Å². The highest BCUT2D eigenvalue weighted by molar-refractivity contribution is 6.33. The van der Waals surface area contributed by atoms with E-state index in [0.29, 0.717) is 23.3 Å². The molecule has 2 N–H and O–H groups in total. The first-order valence-corrected chi connectivity index (χ1v) is 6.20. The van der Waals surface area contributed by atoms with Crippen LogP contribution in [0.3, 0.4) is 0 Å². The van der Waals surface area contributed by atoms with E-state index < -0.39 is 0 Å². The molecule has 0 saturated carbocycles. The first-order valence-electron chi connectivity index (χ1n) is 5.82. The lowest BCUT2D eigenvalue weighted by Gasteiger charge is -2.20. The van der Waals surface area contributed by atoms with Gasteiger partial charge in [-0.05, 0) is 12.1 Å². The van der Waals surface area contributed by atoms with E-state index in [4.69, 9.17) is 16.1 Å². The highest BCUT2D eigenvalue weighted by Gasteiger charge is 2.24. The Morgan fingerprint density at radius 3 is 2.95 bits per heavy atom. The van der Waals surface area contributed by atoms with Gasteiger partial charge in [0.15, 0.2) is 0 Å². The minimum atomic E-state index is -0.165. The summed E-state index contributed by atoms with van der Waals surface area (Å²) < 4.78 is 5.22. The van der Waals surface area contributed by atoms with Gasteiger partial charge in [-0.1, -0.05) is 28.9 Å².